The van der Waals surface area contributed by atoms with Gasteiger partial charge in [-0.1, -0.05) is 0 Å². The molecule has 1 spiro atoms. The quantitative estimate of drug-likeness (QED) is 0.290. The number of amides is 2. The SMILES string of the molecule is Cc1n[nH]c(C)c1-c1ccc(NC(=O)[C@@H](NC(=O)c2ccnn2C(C)C)C2c3c(F)ccc(F)c3OCC23CC3)cn1. The number of aromatic amines is 1. The fraction of sp³-hybridized carbons (Fsp3) is 0.367. The predicted octanol–water partition coefficient (Wildman–Crippen LogP) is 4.84. The monoisotopic (exact) mass is 575 g/mol. The van der Waals surface area contributed by atoms with Crippen LogP contribution in [0.4, 0.5) is 14.5 Å². The van der Waals surface area contributed by atoms with Crippen molar-refractivity contribution in [3.63, 3.8) is 0 Å². The molecule has 2 aliphatic rings. The highest BCUT2D eigenvalue weighted by Gasteiger charge is 2.59. The molecule has 6 rings (SSSR count). The van der Waals surface area contributed by atoms with Crippen molar-refractivity contribution < 1.29 is 23.1 Å². The molecule has 0 radical (unpaired) electrons. The minimum atomic E-state index is -1.26. The summed E-state index contributed by atoms with van der Waals surface area (Å²) >= 11 is 0. The summed E-state index contributed by atoms with van der Waals surface area (Å²) in [6.45, 7) is 7.63. The number of hydrogen-bond acceptors (Lipinski definition) is 6. The topological polar surface area (TPSA) is 127 Å². The number of halogens is 2. The number of benzene rings is 1. The van der Waals surface area contributed by atoms with Gasteiger partial charge in [0.05, 0.1) is 29.9 Å². The fourth-order valence-corrected chi connectivity index (χ4v) is 5.92. The molecule has 12 heteroatoms. The molecular weight excluding hydrogens is 544 g/mol. The second-order valence-electron chi connectivity index (χ2n) is 11.3. The zero-order valence-corrected chi connectivity index (χ0v) is 23.7. The van der Waals surface area contributed by atoms with E-state index >= 15 is 4.39 Å². The summed E-state index contributed by atoms with van der Waals surface area (Å²) in [4.78, 5) is 32.1. The van der Waals surface area contributed by atoms with Crippen molar-refractivity contribution in [2.75, 3.05) is 11.9 Å². The Morgan fingerprint density at radius 1 is 1.12 bits per heavy atom. The summed E-state index contributed by atoms with van der Waals surface area (Å²) < 4.78 is 37.5. The van der Waals surface area contributed by atoms with Gasteiger partial charge in [0.1, 0.15) is 17.6 Å². The van der Waals surface area contributed by atoms with E-state index in [1.807, 2.05) is 27.7 Å². The van der Waals surface area contributed by atoms with Crippen LogP contribution in [0.1, 0.15) is 66.1 Å². The minimum Gasteiger partial charge on any atom is -0.489 e. The maximum Gasteiger partial charge on any atom is 0.270 e. The Bertz CT molecular complexity index is 1660. The van der Waals surface area contributed by atoms with E-state index in [0.717, 1.165) is 29.1 Å². The van der Waals surface area contributed by atoms with Gasteiger partial charge in [-0.25, -0.2) is 8.78 Å². The Morgan fingerprint density at radius 2 is 1.88 bits per heavy atom. The Hall–Kier alpha value is -4.61. The van der Waals surface area contributed by atoms with E-state index in [9.17, 15) is 14.0 Å². The number of fused-ring (bicyclic) bond motifs is 1. The highest BCUT2D eigenvalue weighted by atomic mass is 19.1. The van der Waals surface area contributed by atoms with E-state index < -0.39 is 40.8 Å². The third kappa shape index (κ3) is 4.70. The minimum absolute atomic E-state index is 0.0454. The van der Waals surface area contributed by atoms with Crippen LogP contribution >= 0.6 is 0 Å². The van der Waals surface area contributed by atoms with Crippen molar-refractivity contribution in [2.24, 2.45) is 5.41 Å². The van der Waals surface area contributed by atoms with Gasteiger partial charge in [-0.3, -0.25) is 24.4 Å². The normalized spacial score (nSPS) is 17.5. The predicted molar refractivity (Wildman–Crippen MR) is 150 cm³/mol. The van der Waals surface area contributed by atoms with Gasteiger partial charge in [-0.2, -0.15) is 10.2 Å². The van der Waals surface area contributed by atoms with Crippen LogP contribution in [0, 0.1) is 30.9 Å². The van der Waals surface area contributed by atoms with Gasteiger partial charge < -0.3 is 15.4 Å². The summed E-state index contributed by atoms with van der Waals surface area (Å²) in [5, 5.41) is 17.0. The first-order valence-corrected chi connectivity index (χ1v) is 13.8. The van der Waals surface area contributed by atoms with Gasteiger partial charge in [-0.05, 0) is 70.9 Å². The van der Waals surface area contributed by atoms with Gasteiger partial charge in [-0.15, -0.1) is 0 Å². The maximum absolute atomic E-state index is 15.4. The number of ether oxygens (including phenoxy) is 1. The maximum atomic E-state index is 15.4. The number of hydrogen-bond donors (Lipinski definition) is 3. The molecule has 2 amide bonds. The van der Waals surface area contributed by atoms with Crippen LogP contribution < -0.4 is 15.4 Å². The molecule has 2 atom stereocenters. The first kappa shape index (κ1) is 27.6. The van der Waals surface area contributed by atoms with Crippen LogP contribution in [0.2, 0.25) is 0 Å². The standard InChI is InChI=1S/C30H31F2N7O3/c1-15(2)39-22(9-12-34-39)28(40)36-26(25-24-19(31)6-7-20(32)27(24)42-14-30(25)10-11-30)29(41)35-18-5-8-21(33-13-18)23-16(3)37-38-17(23)4/h5-9,12-13,15,25-26H,10-11,14H2,1-4H3,(H,35,41)(H,36,40)(H,37,38)/t25?,26-/m0/s1. The molecule has 4 aromatic rings. The third-order valence-corrected chi connectivity index (χ3v) is 8.17. The number of pyridine rings is 1. The lowest BCUT2D eigenvalue weighted by Crippen LogP contribution is -2.52. The lowest BCUT2D eigenvalue weighted by molar-refractivity contribution is -0.119. The number of anilines is 1. The van der Waals surface area contributed by atoms with Crippen LogP contribution in [0.3, 0.4) is 0 Å². The van der Waals surface area contributed by atoms with Crippen LogP contribution in [0.15, 0.2) is 42.7 Å². The summed E-state index contributed by atoms with van der Waals surface area (Å²) in [5.74, 6) is -3.66. The van der Waals surface area contributed by atoms with Gasteiger partial charge in [0.2, 0.25) is 5.91 Å². The van der Waals surface area contributed by atoms with E-state index in [1.165, 1.54) is 17.1 Å². The number of carbonyl (C=O) groups is 2. The lowest BCUT2D eigenvalue weighted by Gasteiger charge is -2.38. The van der Waals surface area contributed by atoms with Crippen LogP contribution in [0.5, 0.6) is 5.75 Å². The average molecular weight is 576 g/mol. The van der Waals surface area contributed by atoms with Crippen molar-refractivity contribution >= 4 is 17.5 Å². The van der Waals surface area contributed by atoms with Crippen LogP contribution in [-0.2, 0) is 4.79 Å². The van der Waals surface area contributed by atoms with Gasteiger partial charge >= 0.3 is 0 Å². The highest BCUT2D eigenvalue weighted by Crippen LogP contribution is 2.62. The molecule has 1 aliphatic heterocycles. The van der Waals surface area contributed by atoms with Crippen molar-refractivity contribution in [1.29, 1.82) is 0 Å². The second kappa shape index (κ2) is 10.3. The molecule has 10 nitrogen and oxygen atoms in total. The molecule has 1 aliphatic carbocycles. The number of rotatable bonds is 7. The molecule has 1 saturated carbocycles. The van der Waals surface area contributed by atoms with Crippen LogP contribution in [-0.4, -0.2) is 49.4 Å². The molecule has 1 fully saturated rings. The first-order valence-electron chi connectivity index (χ1n) is 13.8. The Kier molecular flexibility index (Phi) is 6.78. The number of carbonyl (C=O) groups excluding carboxylic acids is 2. The average Bonchev–Trinajstić information content (AvgIpc) is 3.38. The Balaban J connectivity index is 1.37. The molecule has 1 aromatic carbocycles. The van der Waals surface area contributed by atoms with Crippen molar-refractivity contribution in [2.45, 2.75) is 58.5 Å². The largest absolute Gasteiger partial charge is 0.489 e. The van der Waals surface area contributed by atoms with Gasteiger partial charge in [0.25, 0.3) is 5.91 Å². The molecule has 42 heavy (non-hydrogen) atoms. The van der Waals surface area contributed by atoms with Crippen molar-refractivity contribution in [3.05, 3.63) is 77.0 Å². The molecule has 0 saturated heterocycles. The van der Waals surface area contributed by atoms with E-state index in [2.05, 4.69) is 30.9 Å². The van der Waals surface area contributed by atoms with Crippen molar-refractivity contribution in [1.82, 2.24) is 30.3 Å². The first-order chi connectivity index (χ1) is 20.1. The fourth-order valence-electron chi connectivity index (χ4n) is 5.92. The lowest BCUT2D eigenvalue weighted by atomic mass is 9.75. The summed E-state index contributed by atoms with van der Waals surface area (Å²) in [6, 6.07) is 5.66. The second-order valence-corrected chi connectivity index (χ2v) is 11.3. The van der Waals surface area contributed by atoms with E-state index in [1.54, 1.807) is 18.2 Å². The number of aryl methyl sites for hydroxylation is 2. The summed E-state index contributed by atoms with van der Waals surface area (Å²) in [5.41, 5.74) is 3.15. The Morgan fingerprint density at radius 3 is 2.52 bits per heavy atom. The zero-order chi connectivity index (χ0) is 29.8. The van der Waals surface area contributed by atoms with Crippen molar-refractivity contribution in [3.8, 4) is 17.0 Å². The molecule has 0 bridgehead atoms. The molecule has 218 valence electrons. The summed E-state index contributed by atoms with van der Waals surface area (Å²) in [6.07, 6.45) is 4.28. The van der Waals surface area contributed by atoms with E-state index in [4.69, 9.17) is 4.74 Å². The third-order valence-electron chi connectivity index (χ3n) is 8.17. The molecular formula is C30H31F2N7O3. The molecule has 3 N–H and O–H groups in total. The summed E-state index contributed by atoms with van der Waals surface area (Å²) in [7, 11) is 0. The highest BCUT2D eigenvalue weighted by molar-refractivity contribution is 6.01. The molecule has 4 heterocycles. The van der Waals surface area contributed by atoms with E-state index in [0.29, 0.717) is 24.2 Å². The van der Waals surface area contributed by atoms with E-state index in [-0.39, 0.29) is 29.7 Å². The molecule has 3 aromatic heterocycles. The smallest absolute Gasteiger partial charge is 0.270 e. The number of nitrogens with one attached hydrogen (secondary N) is 3. The number of nitrogens with zero attached hydrogens (tertiary/aromatic N) is 4. The zero-order valence-electron chi connectivity index (χ0n) is 23.7. The number of aromatic nitrogens is 5. The van der Waals surface area contributed by atoms with Gasteiger partial charge in [0, 0.05) is 40.4 Å². The number of H-pyrrole nitrogens is 1. The van der Waals surface area contributed by atoms with Gasteiger partial charge in [0.15, 0.2) is 11.6 Å². The molecule has 1 unspecified atom stereocenters. The Labute approximate surface area is 240 Å². The van der Waals surface area contributed by atoms with Crippen LogP contribution in [0.25, 0.3) is 11.3 Å².